The number of nitrogens with zero attached hydrogens (tertiary/aromatic N) is 1. The van der Waals surface area contributed by atoms with Crippen LogP contribution in [-0.2, 0) is 9.53 Å². The van der Waals surface area contributed by atoms with Gasteiger partial charge in [-0.3, -0.25) is 9.59 Å². The van der Waals surface area contributed by atoms with E-state index in [1.165, 1.54) is 4.90 Å². The predicted octanol–water partition coefficient (Wildman–Crippen LogP) is 5.49. The van der Waals surface area contributed by atoms with Crippen LogP contribution in [0.5, 0.6) is 5.75 Å². The summed E-state index contributed by atoms with van der Waals surface area (Å²) in [5, 5.41) is 12.0. The first-order valence-corrected chi connectivity index (χ1v) is 11.5. The summed E-state index contributed by atoms with van der Waals surface area (Å²) in [6.45, 7) is 6.57. The number of carbonyl (C=O) groups is 2. The Balaban J connectivity index is 1.76. The lowest BCUT2D eigenvalue weighted by atomic mass is 9.95. The minimum atomic E-state index is -0.826. The third kappa shape index (κ3) is 4.67. The largest absolute Gasteiger partial charge is 0.503 e. The summed E-state index contributed by atoms with van der Waals surface area (Å²) in [5.41, 5.74) is 1.07. The summed E-state index contributed by atoms with van der Waals surface area (Å²) < 4.78 is 17.0. The van der Waals surface area contributed by atoms with Crippen molar-refractivity contribution in [1.82, 2.24) is 4.90 Å². The number of carbonyl (C=O) groups excluding carboxylic acids is 2. The van der Waals surface area contributed by atoms with E-state index in [0.717, 1.165) is 0 Å². The Bertz CT molecular complexity index is 1260. The Labute approximate surface area is 202 Å². The topological polar surface area (TPSA) is 89.2 Å². The molecule has 7 nitrogen and oxygen atoms in total. The van der Waals surface area contributed by atoms with E-state index in [4.69, 9.17) is 25.5 Å². The van der Waals surface area contributed by atoms with Gasteiger partial charge in [-0.15, -0.1) is 0 Å². The van der Waals surface area contributed by atoms with Gasteiger partial charge in [0, 0.05) is 17.0 Å². The lowest BCUT2D eigenvalue weighted by molar-refractivity contribution is -0.130. The second-order valence-electron chi connectivity index (χ2n) is 8.21. The minimum Gasteiger partial charge on any atom is -0.503 e. The normalized spacial score (nSPS) is 16.2. The Morgan fingerprint density at radius 3 is 2.74 bits per heavy atom. The molecule has 1 N–H and O–H groups in total. The first kappa shape index (κ1) is 23.9. The molecule has 2 aromatic carbocycles. The van der Waals surface area contributed by atoms with E-state index in [2.05, 4.69) is 0 Å². The molecule has 1 unspecified atom stereocenters. The molecular formula is C26H26ClNO6. The highest BCUT2D eigenvalue weighted by atomic mass is 35.5. The number of fused-ring (bicyclic) bond motifs is 1. The van der Waals surface area contributed by atoms with E-state index < -0.39 is 23.5 Å². The number of benzene rings is 2. The van der Waals surface area contributed by atoms with Crippen molar-refractivity contribution in [2.75, 3.05) is 19.8 Å². The van der Waals surface area contributed by atoms with Crippen LogP contribution < -0.4 is 4.74 Å². The van der Waals surface area contributed by atoms with Gasteiger partial charge in [-0.25, -0.2) is 0 Å². The molecule has 4 rings (SSSR count). The average Bonchev–Trinajstić information content (AvgIpc) is 3.33. The molecule has 34 heavy (non-hydrogen) atoms. The van der Waals surface area contributed by atoms with Crippen molar-refractivity contribution in [3.8, 4) is 5.75 Å². The Morgan fingerprint density at radius 1 is 1.21 bits per heavy atom. The van der Waals surface area contributed by atoms with Gasteiger partial charge in [0.15, 0.2) is 11.5 Å². The van der Waals surface area contributed by atoms with Crippen LogP contribution in [-0.4, -0.2) is 47.6 Å². The Morgan fingerprint density at radius 2 is 2.00 bits per heavy atom. The zero-order chi connectivity index (χ0) is 24.4. The smallest absolute Gasteiger partial charge is 0.290 e. The molecule has 8 heteroatoms. The number of amides is 1. The molecule has 2 heterocycles. The fraction of sp³-hybridized carbons (Fsp3) is 0.308. The third-order valence-electron chi connectivity index (χ3n) is 5.52. The summed E-state index contributed by atoms with van der Waals surface area (Å²) in [7, 11) is 0. The van der Waals surface area contributed by atoms with E-state index in [-0.39, 0.29) is 30.6 Å². The summed E-state index contributed by atoms with van der Waals surface area (Å²) in [5.74, 6) is -1.20. The second kappa shape index (κ2) is 9.91. The molecule has 178 valence electrons. The molecule has 3 aromatic rings. The van der Waals surface area contributed by atoms with Gasteiger partial charge < -0.3 is 23.9 Å². The van der Waals surface area contributed by atoms with Gasteiger partial charge in [0.05, 0.1) is 30.9 Å². The van der Waals surface area contributed by atoms with E-state index in [0.29, 0.717) is 33.9 Å². The third-order valence-corrected chi connectivity index (χ3v) is 5.75. The van der Waals surface area contributed by atoms with Crippen LogP contribution in [0.25, 0.3) is 11.0 Å². The number of hydrogen-bond acceptors (Lipinski definition) is 6. The fourth-order valence-corrected chi connectivity index (χ4v) is 4.23. The maximum absolute atomic E-state index is 13.6. The highest BCUT2D eigenvalue weighted by molar-refractivity contribution is 6.31. The van der Waals surface area contributed by atoms with Crippen molar-refractivity contribution in [1.29, 1.82) is 0 Å². The van der Waals surface area contributed by atoms with Crippen molar-refractivity contribution in [2.24, 2.45) is 0 Å². The second-order valence-corrected chi connectivity index (χ2v) is 8.65. The van der Waals surface area contributed by atoms with Crippen molar-refractivity contribution >= 4 is 34.3 Å². The van der Waals surface area contributed by atoms with E-state index in [1.807, 2.05) is 20.8 Å². The van der Waals surface area contributed by atoms with Gasteiger partial charge in [-0.05, 0) is 62.7 Å². The van der Waals surface area contributed by atoms with E-state index >= 15 is 0 Å². The minimum absolute atomic E-state index is 0.0119. The van der Waals surface area contributed by atoms with Crippen LogP contribution in [0.15, 0.2) is 64.3 Å². The van der Waals surface area contributed by atoms with Crippen LogP contribution in [0, 0.1) is 0 Å². The van der Waals surface area contributed by atoms with E-state index in [9.17, 15) is 14.7 Å². The number of ketones is 1. The van der Waals surface area contributed by atoms with Gasteiger partial charge in [0.2, 0.25) is 5.78 Å². The Hall–Kier alpha value is -3.29. The van der Waals surface area contributed by atoms with Crippen molar-refractivity contribution in [2.45, 2.75) is 32.9 Å². The number of rotatable bonds is 9. The van der Waals surface area contributed by atoms with E-state index in [1.54, 1.807) is 48.5 Å². The molecule has 1 aliphatic heterocycles. The molecule has 0 bridgehead atoms. The van der Waals surface area contributed by atoms with Gasteiger partial charge in [0.1, 0.15) is 11.3 Å². The van der Waals surface area contributed by atoms with Gasteiger partial charge in [-0.2, -0.15) is 0 Å². The standard InChI is InChI=1S/C26H26ClNO6/c1-4-32-19-7-5-6-16(13-19)23-22(25(30)26(31)28(23)10-11-33-15(2)3)24(29)21-14-17-12-18(27)8-9-20(17)34-21/h5-9,12-15,23,30H,4,10-11H2,1-3H3. The first-order chi connectivity index (χ1) is 16.3. The molecule has 0 radical (unpaired) electrons. The number of furan rings is 1. The van der Waals surface area contributed by atoms with Gasteiger partial charge in [0.25, 0.3) is 5.91 Å². The van der Waals surface area contributed by atoms with Crippen LogP contribution in [0.2, 0.25) is 5.02 Å². The van der Waals surface area contributed by atoms with Crippen LogP contribution in [0.1, 0.15) is 42.9 Å². The van der Waals surface area contributed by atoms with Crippen LogP contribution in [0.3, 0.4) is 0 Å². The number of hydrogen-bond donors (Lipinski definition) is 1. The fourth-order valence-electron chi connectivity index (χ4n) is 4.05. The van der Waals surface area contributed by atoms with Crippen molar-refractivity contribution < 1.29 is 28.6 Å². The summed E-state index contributed by atoms with van der Waals surface area (Å²) in [6.07, 6.45) is -0.0255. The molecular weight excluding hydrogens is 458 g/mol. The SMILES string of the molecule is CCOc1cccc(C2C(C(=O)c3cc4cc(Cl)ccc4o3)=C(O)C(=O)N2CCOC(C)C)c1. The van der Waals surface area contributed by atoms with Crippen molar-refractivity contribution in [3.05, 3.63) is 76.2 Å². The molecule has 0 aliphatic carbocycles. The highest BCUT2D eigenvalue weighted by Crippen LogP contribution is 2.40. The predicted molar refractivity (Wildman–Crippen MR) is 128 cm³/mol. The summed E-state index contributed by atoms with van der Waals surface area (Å²) in [6, 6.07) is 12.9. The van der Waals surface area contributed by atoms with Crippen LogP contribution in [0.4, 0.5) is 0 Å². The number of aliphatic hydroxyl groups excluding tert-OH is 1. The van der Waals surface area contributed by atoms with Gasteiger partial charge >= 0.3 is 0 Å². The number of aliphatic hydroxyl groups is 1. The number of halogens is 1. The molecule has 1 atom stereocenters. The molecule has 1 aromatic heterocycles. The lowest BCUT2D eigenvalue weighted by Gasteiger charge is -2.27. The highest BCUT2D eigenvalue weighted by Gasteiger charge is 2.44. The zero-order valence-corrected chi connectivity index (χ0v) is 20.0. The average molecular weight is 484 g/mol. The summed E-state index contributed by atoms with van der Waals surface area (Å²) in [4.78, 5) is 28.1. The monoisotopic (exact) mass is 483 g/mol. The maximum atomic E-state index is 13.6. The maximum Gasteiger partial charge on any atom is 0.290 e. The molecule has 0 saturated heterocycles. The summed E-state index contributed by atoms with van der Waals surface area (Å²) >= 11 is 6.06. The number of ether oxygens (including phenoxy) is 2. The quantitative estimate of drug-likeness (QED) is 0.405. The Kier molecular flexibility index (Phi) is 6.95. The molecule has 0 fully saturated rings. The van der Waals surface area contributed by atoms with Gasteiger partial charge in [-0.1, -0.05) is 23.7 Å². The van der Waals surface area contributed by atoms with Crippen molar-refractivity contribution in [3.63, 3.8) is 0 Å². The zero-order valence-electron chi connectivity index (χ0n) is 19.2. The molecule has 1 amide bonds. The molecule has 1 aliphatic rings. The molecule has 0 saturated carbocycles. The first-order valence-electron chi connectivity index (χ1n) is 11.1. The lowest BCUT2D eigenvalue weighted by Crippen LogP contribution is -2.34. The number of Topliss-reactive ketones (excluding diaryl/α,β-unsaturated/α-hetero) is 1. The molecule has 0 spiro atoms. The van der Waals surface area contributed by atoms with Crippen LogP contribution >= 0.6 is 11.6 Å².